The van der Waals surface area contributed by atoms with E-state index >= 15 is 0 Å². The van der Waals surface area contributed by atoms with E-state index < -0.39 is 5.97 Å². The van der Waals surface area contributed by atoms with Crippen molar-refractivity contribution in [2.75, 3.05) is 19.8 Å². The largest absolute Gasteiger partial charge is 0.486 e. The topological polar surface area (TPSA) is 59.0 Å². The molecule has 1 aromatic carbocycles. The zero-order chi connectivity index (χ0) is 14.8. The highest BCUT2D eigenvalue weighted by Gasteiger charge is 2.29. The van der Waals surface area contributed by atoms with Gasteiger partial charge in [-0.05, 0) is 30.5 Å². The van der Waals surface area contributed by atoms with E-state index in [0.29, 0.717) is 25.8 Å². The molecule has 0 aromatic heterocycles. The molecule has 1 aliphatic carbocycles. The number of benzene rings is 1. The van der Waals surface area contributed by atoms with Crippen molar-refractivity contribution in [3.8, 4) is 11.5 Å². The summed E-state index contributed by atoms with van der Waals surface area (Å²) in [6, 6.07) is 4.45. The summed E-state index contributed by atoms with van der Waals surface area (Å²) in [6.07, 6.45) is 2.49. The summed E-state index contributed by atoms with van der Waals surface area (Å²) in [6.45, 7) is 2.46. The first-order valence-corrected chi connectivity index (χ1v) is 7.96. The fourth-order valence-electron chi connectivity index (χ4n) is 2.52. The first kappa shape index (κ1) is 14.7. The monoisotopic (exact) mass is 355 g/mol. The molecule has 114 valence electrons. The van der Waals surface area contributed by atoms with Gasteiger partial charge in [0.05, 0.1) is 6.42 Å². The second kappa shape index (κ2) is 6.23. The minimum absolute atomic E-state index is 0.179. The number of rotatable bonds is 6. The van der Waals surface area contributed by atoms with Crippen LogP contribution in [0.15, 0.2) is 16.6 Å². The van der Waals surface area contributed by atoms with Crippen LogP contribution in [0, 0.1) is 0 Å². The van der Waals surface area contributed by atoms with Crippen LogP contribution in [-0.4, -0.2) is 41.8 Å². The Hall–Kier alpha value is -1.27. The molecule has 1 heterocycles. The van der Waals surface area contributed by atoms with E-state index in [4.69, 9.17) is 14.6 Å². The van der Waals surface area contributed by atoms with Gasteiger partial charge >= 0.3 is 5.97 Å². The molecule has 1 aromatic rings. The van der Waals surface area contributed by atoms with Gasteiger partial charge in [-0.25, -0.2) is 0 Å². The number of ether oxygens (including phenoxy) is 2. The highest BCUT2D eigenvalue weighted by molar-refractivity contribution is 9.10. The predicted molar refractivity (Wildman–Crippen MR) is 80.8 cm³/mol. The summed E-state index contributed by atoms with van der Waals surface area (Å²) in [5.74, 6) is 0.788. The van der Waals surface area contributed by atoms with E-state index in [-0.39, 0.29) is 6.42 Å². The van der Waals surface area contributed by atoms with Gasteiger partial charge in [-0.1, -0.05) is 15.9 Å². The third-order valence-electron chi connectivity index (χ3n) is 3.76. The molecule has 0 saturated heterocycles. The number of carbonyl (C=O) groups is 1. The van der Waals surface area contributed by atoms with Crippen LogP contribution in [0.5, 0.6) is 11.5 Å². The quantitative estimate of drug-likeness (QED) is 0.849. The summed E-state index contributed by atoms with van der Waals surface area (Å²) < 4.78 is 12.2. The molecule has 0 amide bonds. The smallest absolute Gasteiger partial charge is 0.304 e. The average Bonchev–Trinajstić information content (AvgIpc) is 3.28. The first-order valence-electron chi connectivity index (χ1n) is 7.17. The number of nitrogens with zero attached hydrogens (tertiary/aromatic N) is 1. The molecular weight excluding hydrogens is 338 g/mol. The predicted octanol–water partition coefficient (Wildman–Crippen LogP) is 2.66. The molecule has 5 nitrogen and oxygen atoms in total. The van der Waals surface area contributed by atoms with Gasteiger partial charge in [0.2, 0.25) is 0 Å². The van der Waals surface area contributed by atoms with Crippen LogP contribution in [0.4, 0.5) is 0 Å². The standard InChI is InChI=1S/C15H18BrNO4/c16-12-8-14-13(20-5-6-21-14)7-10(12)9-17(11-1-2-11)4-3-15(18)19/h7-8,11H,1-6,9H2,(H,18,19). The zero-order valence-electron chi connectivity index (χ0n) is 11.7. The Morgan fingerprint density at radius 2 is 1.95 bits per heavy atom. The SMILES string of the molecule is O=C(O)CCN(Cc1cc2c(cc1Br)OCCO2)C1CC1. The molecule has 0 atom stereocenters. The molecule has 0 unspecified atom stereocenters. The molecule has 1 aliphatic heterocycles. The highest BCUT2D eigenvalue weighted by atomic mass is 79.9. The lowest BCUT2D eigenvalue weighted by Gasteiger charge is -2.24. The van der Waals surface area contributed by atoms with Crippen molar-refractivity contribution in [3.63, 3.8) is 0 Å². The minimum atomic E-state index is -0.748. The molecule has 2 aliphatic rings. The summed E-state index contributed by atoms with van der Waals surface area (Å²) in [5, 5.41) is 8.87. The van der Waals surface area contributed by atoms with Crippen LogP contribution in [0.3, 0.4) is 0 Å². The van der Waals surface area contributed by atoms with Crippen molar-refractivity contribution in [2.45, 2.75) is 31.8 Å². The van der Waals surface area contributed by atoms with Crippen LogP contribution >= 0.6 is 15.9 Å². The van der Waals surface area contributed by atoms with Gasteiger partial charge in [0.1, 0.15) is 13.2 Å². The Kier molecular flexibility index (Phi) is 4.35. The Morgan fingerprint density at radius 1 is 1.29 bits per heavy atom. The maximum Gasteiger partial charge on any atom is 0.304 e. The molecule has 0 spiro atoms. The third kappa shape index (κ3) is 3.68. The lowest BCUT2D eigenvalue weighted by Crippen LogP contribution is -2.28. The van der Waals surface area contributed by atoms with Crippen molar-refractivity contribution < 1.29 is 19.4 Å². The van der Waals surface area contributed by atoms with Gasteiger partial charge in [0, 0.05) is 23.6 Å². The van der Waals surface area contributed by atoms with E-state index in [1.54, 1.807) is 0 Å². The Balaban J connectivity index is 1.74. The number of aliphatic carboxylic acids is 1. The fourth-order valence-corrected chi connectivity index (χ4v) is 2.96. The summed E-state index contributed by atoms with van der Waals surface area (Å²) in [5.41, 5.74) is 1.11. The normalized spacial score (nSPS) is 17.0. The summed E-state index contributed by atoms with van der Waals surface area (Å²) in [4.78, 5) is 13.0. The second-order valence-corrected chi connectivity index (χ2v) is 6.29. The Bertz CT molecular complexity index is 545. The molecule has 1 fully saturated rings. The van der Waals surface area contributed by atoms with Gasteiger partial charge in [0.15, 0.2) is 11.5 Å². The number of hydrogen-bond donors (Lipinski definition) is 1. The van der Waals surface area contributed by atoms with Crippen LogP contribution < -0.4 is 9.47 Å². The molecule has 1 saturated carbocycles. The number of fused-ring (bicyclic) bond motifs is 1. The van der Waals surface area contributed by atoms with Crippen molar-refractivity contribution >= 4 is 21.9 Å². The maximum atomic E-state index is 10.8. The summed E-state index contributed by atoms with van der Waals surface area (Å²) in [7, 11) is 0. The van der Waals surface area contributed by atoms with Gasteiger partial charge in [-0.15, -0.1) is 0 Å². The lowest BCUT2D eigenvalue weighted by atomic mass is 10.1. The highest BCUT2D eigenvalue weighted by Crippen LogP contribution is 2.37. The Labute approximate surface area is 132 Å². The second-order valence-electron chi connectivity index (χ2n) is 5.43. The average molecular weight is 356 g/mol. The number of halogens is 1. The van der Waals surface area contributed by atoms with Crippen LogP contribution in [0.1, 0.15) is 24.8 Å². The number of hydrogen-bond acceptors (Lipinski definition) is 4. The van der Waals surface area contributed by atoms with Crippen molar-refractivity contribution in [1.82, 2.24) is 4.90 Å². The fraction of sp³-hybridized carbons (Fsp3) is 0.533. The van der Waals surface area contributed by atoms with Gasteiger partial charge in [-0.2, -0.15) is 0 Å². The van der Waals surface area contributed by atoms with Crippen LogP contribution in [0.2, 0.25) is 0 Å². The lowest BCUT2D eigenvalue weighted by molar-refractivity contribution is -0.137. The van der Waals surface area contributed by atoms with E-state index in [2.05, 4.69) is 20.8 Å². The summed E-state index contributed by atoms with van der Waals surface area (Å²) >= 11 is 3.57. The molecular formula is C15H18BrNO4. The van der Waals surface area contributed by atoms with Gasteiger partial charge < -0.3 is 14.6 Å². The van der Waals surface area contributed by atoms with Gasteiger partial charge in [-0.3, -0.25) is 9.69 Å². The molecule has 0 bridgehead atoms. The molecule has 1 N–H and O–H groups in total. The minimum Gasteiger partial charge on any atom is -0.486 e. The molecule has 0 radical (unpaired) electrons. The van der Waals surface area contributed by atoms with E-state index in [9.17, 15) is 4.79 Å². The third-order valence-corrected chi connectivity index (χ3v) is 4.50. The molecule has 21 heavy (non-hydrogen) atoms. The van der Waals surface area contributed by atoms with Crippen molar-refractivity contribution in [1.29, 1.82) is 0 Å². The number of carboxylic acids is 1. The van der Waals surface area contributed by atoms with Gasteiger partial charge in [0.25, 0.3) is 0 Å². The zero-order valence-corrected chi connectivity index (χ0v) is 13.3. The van der Waals surface area contributed by atoms with E-state index in [0.717, 1.165) is 40.9 Å². The van der Waals surface area contributed by atoms with E-state index in [1.807, 2.05) is 12.1 Å². The van der Waals surface area contributed by atoms with Crippen molar-refractivity contribution in [2.24, 2.45) is 0 Å². The van der Waals surface area contributed by atoms with E-state index in [1.165, 1.54) is 0 Å². The number of carboxylic acid groups (broad SMARTS) is 1. The molecule has 3 rings (SSSR count). The molecule has 6 heteroatoms. The van der Waals surface area contributed by atoms with Crippen molar-refractivity contribution in [3.05, 3.63) is 22.2 Å². The van der Waals surface area contributed by atoms with Crippen LogP contribution in [0.25, 0.3) is 0 Å². The maximum absolute atomic E-state index is 10.8. The Morgan fingerprint density at radius 3 is 2.57 bits per heavy atom. The van der Waals surface area contributed by atoms with Crippen LogP contribution in [-0.2, 0) is 11.3 Å². The first-order chi connectivity index (χ1) is 10.1.